The summed E-state index contributed by atoms with van der Waals surface area (Å²) in [6.45, 7) is 1.56. The lowest BCUT2D eigenvalue weighted by atomic mass is 10.3. The van der Waals surface area contributed by atoms with Crippen LogP contribution in [0.5, 0.6) is 11.5 Å². The SMILES string of the molecule is Cc1ccnc(SCc2cc(=O)c(OC(=O)COc3ccccc3)co2)n1. The topological polar surface area (TPSA) is 91.5 Å². The van der Waals surface area contributed by atoms with Crippen molar-refractivity contribution in [3.05, 3.63) is 76.6 Å². The van der Waals surface area contributed by atoms with Gasteiger partial charge in [-0.2, -0.15) is 0 Å². The number of hydrogen-bond donors (Lipinski definition) is 0. The molecule has 1 aromatic carbocycles. The number of esters is 1. The van der Waals surface area contributed by atoms with Gasteiger partial charge in [-0.1, -0.05) is 30.0 Å². The molecule has 0 unspecified atom stereocenters. The third kappa shape index (κ3) is 5.68. The Morgan fingerprint density at radius 2 is 2.04 bits per heavy atom. The van der Waals surface area contributed by atoms with E-state index in [-0.39, 0.29) is 12.4 Å². The van der Waals surface area contributed by atoms with Gasteiger partial charge in [-0.25, -0.2) is 14.8 Å². The monoisotopic (exact) mass is 384 g/mol. The molecule has 0 bridgehead atoms. The van der Waals surface area contributed by atoms with Gasteiger partial charge in [0, 0.05) is 18.0 Å². The lowest BCUT2D eigenvalue weighted by Crippen LogP contribution is -2.20. The van der Waals surface area contributed by atoms with Crippen LogP contribution in [-0.2, 0) is 10.5 Å². The number of carbonyl (C=O) groups is 1. The summed E-state index contributed by atoms with van der Waals surface area (Å²) in [5.41, 5.74) is 0.406. The molecule has 2 aromatic heterocycles. The zero-order valence-electron chi connectivity index (χ0n) is 14.5. The van der Waals surface area contributed by atoms with Gasteiger partial charge in [0.15, 0.2) is 11.8 Å². The first-order valence-electron chi connectivity index (χ1n) is 8.03. The molecule has 0 fully saturated rings. The van der Waals surface area contributed by atoms with Crippen molar-refractivity contribution in [2.45, 2.75) is 17.8 Å². The smallest absolute Gasteiger partial charge is 0.349 e. The molecule has 7 nitrogen and oxygen atoms in total. The third-order valence-electron chi connectivity index (χ3n) is 3.29. The molecular formula is C19H16N2O5S. The Hall–Kier alpha value is -3.13. The van der Waals surface area contributed by atoms with E-state index >= 15 is 0 Å². The zero-order valence-corrected chi connectivity index (χ0v) is 15.3. The van der Waals surface area contributed by atoms with Gasteiger partial charge in [-0.05, 0) is 25.1 Å². The molecule has 0 saturated heterocycles. The molecule has 0 N–H and O–H groups in total. The first-order valence-corrected chi connectivity index (χ1v) is 9.01. The highest BCUT2D eigenvalue weighted by molar-refractivity contribution is 7.98. The molecule has 0 aliphatic rings. The summed E-state index contributed by atoms with van der Waals surface area (Å²) in [5, 5.41) is 0.589. The molecule has 8 heteroatoms. The number of nitrogens with zero attached hydrogens (tertiary/aromatic N) is 2. The van der Waals surface area contributed by atoms with Crippen LogP contribution < -0.4 is 14.9 Å². The molecule has 0 radical (unpaired) electrons. The van der Waals surface area contributed by atoms with E-state index < -0.39 is 11.4 Å². The van der Waals surface area contributed by atoms with Crippen LogP contribution in [-0.4, -0.2) is 22.5 Å². The minimum Gasteiger partial charge on any atom is -0.482 e. The number of aromatic nitrogens is 2. The van der Waals surface area contributed by atoms with Crippen molar-refractivity contribution in [3.8, 4) is 11.5 Å². The predicted molar refractivity (Wildman–Crippen MR) is 98.9 cm³/mol. The molecule has 3 rings (SSSR count). The van der Waals surface area contributed by atoms with Gasteiger partial charge in [-0.3, -0.25) is 4.79 Å². The lowest BCUT2D eigenvalue weighted by Gasteiger charge is -2.06. The number of aryl methyl sites for hydroxylation is 1. The Kier molecular flexibility index (Phi) is 6.22. The van der Waals surface area contributed by atoms with Crippen molar-refractivity contribution in [3.63, 3.8) is 0 Å². The quantitative estimate of drug-likeness (QED) is 0.349. The van der Waals surface area contributed by atoms with Gasteiger partial charge >= 0.3 is 5.97 Å². The number of ether oxygens (including phenoxy) is 2. The maximum absolute atomic E-state index is 12.1. The number of hydrogen-bond acceptors (Lipinski definition) is 8. The van der Waals surface area contributed by atoms with Crippen LogP contribution >= 0.6 is 11.8 Å². The molecule has 0 aliphatic carbocycles. The molecule has 2 heterocycles. The van der Waals surface area contributed by atoms with E-state index in [2.05, 4.69) is 9.97 Å². The summed E-state index contributed by atoms with van der Waals surface area (Å²) in [4.78, 5) is 32.3. The second kappa shape index (κ2) is 9.00. The van der Waals surface area contributed by atoms with Crippen molar-refractivity contribution in [2.75, 3.05) is 6.61 Å². The predicted octanol–water partition coefficient (Wildman–Crippen LogP) is 3.01. The van der Waals surface area contributed by atoms with E-state index in [4.69, 9.17) is 13.9 Å². The number of carbonyl (C=O) groups excluding carboxylic acids is 1. The molecular weight excluding hydrogens is 368 g/mol. The van der Waals surface area contributed by atoms with E-state index in [1.165, 1.54) is 17.8 Å². The minimum absolute atomic E-state index is 0.183. The van der Waals surface area contributed by atoms with Crippen LogP contribution in [0.1, 0.15) is 11.5 Å². The van der Waals surface area contributed by atoms with Crippen LogP contribution in [0.3, 0.4) is 0 Å². The fourth-order valence-electron chi connectivity index (χ4n) is 2.03. The Balaban J connectivity index is 1.54. The zero-order chi connectivity index (χ0) is 19.1. The second-order valence-corrected chi connectivity index (χ2v) is 6.36. The average Bonchev–Trinajstić information content (AvgIpc) is 2.67. The highest BCUT2D eigenvalue weighted by Gasteiger charge is 2.12. The van der Waals surface area contributed by atoms with Gasteiger partial charge < -0.3 is 13.9 Å². The first kappa shape index (κ1) is 18.7. The lowest BCUT2D eigenvalue weighted by molar-refractivity contribution is -0.136. The molecule has 0 aliphatic heterocycles. The molecule has 0 atom stereocenters. The van der Waals surface area contributed by atoms with Crippen molar-refractivity contribution >= 4 is 17.7 Å². The summed E-state index contributed by atoms with van der Waals surface area (Å²) in [6.07, 6.45) is 2.79. The molecule has 3 aromatic rings. The van der Waals surface area contributed by atoms with Crippen molar-refractivity contribution in [2.24, 2.45) is 0 Å². The van der Waals surface area contributed by atoms with Gasteiger partial charge in [0.2, 0.25) is 11.2 Å². The fraction of sp³-hybridized carbons (Fsp3) is 0.158. The van der Waals surface area contributed by atoms with Crippen LogP contribution in [0, 0.1) is 6.92 Å². The maximum atomic E-state index is 12.1. The van der Waals surface area contributed by atoms with Crippen molar-refractivity contribution in [1.82, 2.24) is 9.97 Å². The summed E-state index contributed by atoms with van der Waals surface area (Å²) in [5.74, 6) is 0.464. The van der Waals surface area contributed by atoms with E-state index in [9.17, 15) is 9.59 Å². The van der Waals surface area contributed by atoms with Crippen molar-refractivity contribution in [1.29, 1.82) is 0 Å². The maximum Gasteiger partial charge on any atom is 0.349 e. The third-order valence-corrected chi connectivity index (χ3v) is 4.18. The van der Waals surface area contributed by atoms with Gasteiger partial charge in [0.25, 0.3) is 0 Å². The number of para-hydroxylation sites is 1. The molecule has 0 saturated carbocycles. The standard InChI is InChI=1S/C19H16N2O5S/c1-13-7-8-20-19(21-13)27-12-15-9-16(22)17(10-24-15)26-18(23)11-25-14-5-3-2-4-6-14/h2-10H,11-12H2,1H3. The summed E-state index contributed by atoms with van der Waals surface area (Å²) in [7, 11) is 0. The Bertz CT molecular complexity index is 975. The molecule has 138 valence electrons. The van der Waals surface area contributed by atoms with E-state index in [1.807, 2.05) is 13.0 Å². The Morgan fingerprint density at radius 3 is 2.78 bits per heavy atom. The van der Waals surface area contributed by atoms with Crippen molar-refractivity contribution < 1.29 is 18.7 Å². The van der Waals surface area contributed by atoms with Gasteiger partial charge in [0.05, 0.1) is 5.75 Å². The second-order valence-electron chi connectivity index (χ2n) is 5.42. The fourth-order valence-corrected chi connectivity index (χ4v) is 2.80. The average molecular weight is 384 g/mol. The van der Waals surface area contributed by atoms with Crippen LogP contribution in [0.2, 0.25) is 0 Å². The Labute approximate surface area is 159 Å². The van der Waals surface area contributed by atoms with E-state index in [0.717, 1.165) is 12.0 Å². The summed E-state index contributed by atoms with van der Waals surface area (Å²) >= 11 is 1.34. The number of thioether (sulfide) groups is 1. The minimum atomic E-state index is -0.693. The van der Waals surface area contributed by atoms with Crippen LogP contribution in [0.4, 0.5) is 0 Å². The molecule has 0 amide bonds. The largest absolute Gasteiger partial charge is 0.482 e. The summed E-state index contributed by atoms with van der Waals surface area (Å²) < 4.78 is 15.6. The normalized spacial score (nSPS) is 10.4. The molecule has 0 spiro atoms. The first-order chi connectivity index (χ1) is 13.1. The van der Waals surface area contributed by atoms with E-state index in [0.29, 0.717) is 22.4 Å². The number of rotatable bonds is 7. The van der Waals surface area contributed by atoms with Crippen LogP contribution in [0.15, 0.2) is 69.3 Å². The van der Waals surface area contributed by atoms with Gasteiger partial charge in [0.1, 0.15) is 17.8 Å². The van der Waals surface area contributed by atoms with Crippen LogP contribution in [0.25, 0.3) is 0 Å². The number of benzene rings is 1. The highest BCUT2D eigenvalue weighted by atomic mass is 32.2. The highest BCUT2D eigenvalue weighted by Crippen LogP contribution is 2.19. The van der Waals surface area contributed by atoms with E-state index in [1.54, 1.807) is 36.5 Å². The molecule has 27 heavy (non-hydrogen) atoms. The Morgan fingerprint density at radius 1 is 1.22 bits per heavy atom. The van der Waals surface area contributed by atoms with Gasteiger partial charge in [-0.15, -0.1) is 0 Å². The summed E-state index contributed by atoms with van der Waals surface area (Å²) in [6, 6.07) is 11.9.